The van der Waals surface area contributed by atoms with Crippen molar-refractivity contribution in [3.05, 3.63) is 29.8 Å². The number of likely N-dealkylation sites (tertiary alicyclic amines) is 1. The van der Waals surface area contributed by atoms with Gasteiger partial charge in [-0.2, -0.15) is 0 Å². The molecule has 1 fully saturated rings. The fourth-order valence-corrected chi connectivity index (χ4v) is 3.11. The standard InChI is InChI=1S/C19H30N4O2/c1-13(2)18(20)19(25)21-12-17(24)23-10-6-9-16(23)14-7-5-8-15(11-14)22(3)4/h5,7-8,11,13,16,18H,6,9-10,12,20H2,1-4H3,(H,21,25)/t16?,18-/m0/s1. The van der Waals surface area contributed by atoms with Crippen LogP contribution in [-0.4, -0.2) is 49.9 Å². The topological polar surface area (TPSA) is 78.7 Å². The number of carbonyl (C=O) groups is 2. The van der Waals surface area contributed by atoms with E-state index < -0.39 is 6.04 Å². The van der Waals surface area contributed by atoms with E-state index in [1.807, 2.05) is 38.9 Å². The first-order chi connectivity index (χ1) is 11.8. The Morgan fingerprint density at radius 2 is 2.08 bits per heavy atom. The van der Waals surface area contributed by atoms with Crippen LogP contribution in [0, 0.1) is 5.92 Å². The summed E-state index contributed by atoms with van der Waals surface area (Å²) in [4.78, 5) is 28.5. The molecule has 1 aliphatic heterocycles. The van der Waals surface area contributed by atoms with Gasteiger partial charge >= 0.3 is 0 Å². The van der Waals surface area contributed by atoms with Crippen molar-refractivity contribution in [1.29, 1.82) is 0 Å². The predicted octanol–water partition coefficient (Wildman–Crippen LogP) is 1.52. The van der Waals surface area contributed by atoms with E-state index in [2.05, 4.69) is 28.4 Å². The van der Waals surface area contributed by atoms with Crippen LogP contribution in [0.25, 0.3) is 0 Å². The molecule has 1 heterocycles. The zero-order valence-corrected chi connectivity index (χ0v) is 15.7. The summed E-state index contributed by atoms with van der Waals surface area (Å²) in [7, 11) is 4.01. The largest absolute Gasteiger partial charge is 0.378 e. The Labute approximate surface area is 150 Å². The number of nitrogens with zero attached hydrogens (tertiary/aromatic N) is 2. The van der Waals surface area contributed by atoms with Crippen LogP contribution in [0.2, 0.25) is 0 Å². The third-order valence-corrected chi connectivity index (χ3v) is 4.78. The van der Waals surface area contributed by atoms with Crippen molar-refractivity contribution in [2.75, 3.05) is 32.1 Å². The molecule has 1 aromatic rings. The van der Waals surface area contributed by atoms with Crippen molar-refractivity contribution < 1.29 is 9.59 Å². The number of hydrogen-bond acceptors (Lipinski definition) is 4. The van der Waals surface area contributed by atoms with Gasteiger partial charge in [-0.05, 0) is 36.5 Å². The number of anilines is 1. The van der Waals surface area contributed by atoms with Gasteiger partial charge < -0.3 is 20.9 Å². The minimum absolute atomic E-state index is 0.00310. The summed E-state index contributed by atoms with van der Waals surface area (Å²) in [6.45, 7) is 4.51. The van der Waals surface area contributed by atoms with E-state index >= 15 is 0 Å². The molecule has 3 N–H and O–H groups in total. The third kappa shape index (κ3) is 4.72. The van der Waals surface area contributed by atoms with Gasteiger partial charge in [0, 0.05) is 26.3 Å². The van der Waals surface area contributed by atoms with Gasteiger partial charge in [-0.25, -0.2) is 0 Å². The fourth-order valence-electron chi connectivity index (χ4n) is 3.11. The number of hydrogen-bond donors (Lipinski definition) is 2. The van der Waals surface area contributed by atoms with E-state index in [9.17, 15) is 9.59 Å². The maximum Gasteiger partial charge on any atom is 0.242 e. The van der Waals surface area contributed by atoms with Gasteiger partial charge in [0.05, 0.1) is 18.6 Å². The average molecular weight is 346 g/mol. The van der Waals surface area contributed by atoms with Crippen LogP contribution in [0.3, 0.4) is 0 Å². The Hall–Kier alpha value is -2.08. The monoisotopic (exact) mass is 346 g/mol. The second kappa shape index (κ2) is 8.34. The zero-order chi connectivity index (χ0) is 18.6. The molecule has 0 saturated carbocycles. The lowest BCUT2D eigenvalue weighted by atomic mass is 10.0. The SMILES string of the molecule is CC(C)[C@H](N)C(=O)NCC(=O)N1CCCC1c1cccc(N(C)C)c1. The van der Waals surface area contributed by atoms with Gasteiger partial charge in [0.25, 0.3) is 0 Å². The van der Waals surface area contributed by atoms with Gasteiger partial charge in [0.1, 0.15) is 0 Å². The molecule has 1 aromatic carbocycles. The molecule has 1 unspecified atom stereocenters. The Bertz CT molecular complexity index is 615. The highest BCUT2D eigenvalue weighted by atomic mass is 16.2. The smallest absolute Gasteiger partial charge is 0.242 e. The van der Waals surface area contributed by atoms with Crippen molar-refractivity contribution in [2.24, 2.45) is 11.7 Å². The van der Waals surface area contributed by atoms with Crippen molar-refractivity contribution in [2.45, 2.75) is 38.8 Å². The van der Waals surface area contributed by atoms with Crippen LogP contribution in [0.4, 0.5) is 5.69 Å². The highest BCUT2D eigenvalue weighted by Gasteiger charge is 2.30. The van der Waals surface area contributed by atoms with E-state index in [4.69, 9.17) is 5.73 Å². The Kier molecular flexibility index (Phi) is 6.42. The molecule has 6 heteroatoms. The van der Waals surface area contributed by atoms with Gasteiger partial charge in [0.15, 0.2) is 0 Å². The van der Waals surface area contributed by atoms with Crippen LogP contribution in [0.1, 0.15) is 38.3 Å². The van der Waals surface area contributed by atoms with Crippen molar-refractivity contribution in [3.63, 3.8) is 0 Å². The number of nitrogens with two attached hydrogens (primary N) is 1. The molecule has 6 nitrogen and oxygen atoms in total. The lowest BCUT2D eigenvalue weighted by Gasteiger charge is -2.26. The first-order valence-electron chi connectivity index (χ1n) is 8.91. The van der Waals surface area contributed by atoms with Crippen molar-refractivity contribution in [1.82, 2.24) is 10.2 Å². The molecule has 1 aliphatic rings. The molecular formula is C19H30N4O2. The van der Waals surface area contributed by atoms with Crippen LogP contribution >= 0.6 is 0 Å². The first kappa shape index (κ1) is 19.2. The fraction of sp³-hybridized carbons (Fsp3) is 0.579. The third-order valence-electron chi connectivity index (χ3n) is 4.78. The van der Waals surface area contributed by atoms with Crippen LogP contribution in [0.5, 0.6) is 0 Å². The van der Waals surface area contributed by atoms with Crippen LogP contribution < -0.4 is 16.0 Å². The predicted molar refractivity (Wildman–Crippen MR) is 100 cm³/mol. The van der Waals surface area contributed by atoms with Gasteiger partial charge in [0.2, 0.25) is 11.8 Å². The summed E-state index contributed by atoms with van der Waals surface area (Å²) in [5.41, 5.74) is 8.08. The molecule has 2 atom stereocenters. The molecular weight excluding hydrogens is 316 g/mol. The van der Waals surface area contributed by atoms with E-state index in [0.717, 1.165) is 30.6 Å². The van der Waals surface area contributed by atoms with Gasteiger partial charge in [-0.15, -0.1) is 0 Å². The Morgan fingerprint density at radius 3 is 2.72 bits per heavy atom. The molecule has 2 rings (SSSR count). The average Bonchev–Trinajstić information content (AvgIpc) is 3.08. The molecule has 138 valence electrons. The van der Waals surface area contributed by atoms with E-state index in [0.29, 0.717) is 0 Å². The molecule has 25 heavy (non-hydrogen) atoms. The van der Waals surface area contributed by atoms with Crippen molar-refractivity contribution in [3.8, 4) is 0 Å². The number of nitrogens with one attached hydrogen (secondary N) is 1. The van der Waals surface area contributed by atoms with Crippen LogP contribution in [0.15, 0.2) is 24.3 Å². The molecule has 0 aliphatic carbocycles. The lowest BCUT2D eigenvalue weighted by molar-refractivity contribution is -0.134. The summed E-state index contributed by atoms with van der Waals surface area (Å²) in [5, 5.41) is 2.68. The number of carbonyl (C=O) groups excluding carboxylic acids is 2. The molecule has 0 radical (unpaired) electrons. The number of amides is 2. The molecule has 2 amide bonds. The highest BCUT2D eigenvalue weighted by molar-refractivity contribution is 5.87. The normalized spacial score (nSPS) is 18.3. The van der Waals surface area contributed by atoms with Crippen molar-refractivity contribution >= 4 is 17.5 Å². The van der Waals surface area contributed by atoms with Gasteiger partial charge in [-0.1, -0.05) is 26.0 Å². The number of benzene rings is 1. The second-order valence-electron chi connectivity index (χ2n) is 7.22. The minimum atomic E-state index is -0.584. The summed E-state index contributed by atoms with van der Waals surface area (Å²) >= 11 is 0. The summed E-state index contributed by atoms with van der Waals surface area (Å²) < 4.78 is 0. The summed E-state index contributed by atoms with van der Waals surface area (Å²) in [5.74, 6) is -0.279. The molecule has 0 spiro atoms. The lowest BCUT2D eigenvalue weighted by Crippen LogP contribution is -2.47. The summed E-state index contributed by atoms with van der Waals surface area (Å²) in [6, 6.07) is 7.76. The summed E-state index contributed by atoms with van der Waals surface area (Å²) in [6.07, 6.45) is 1.92. The second-order valence-corrected chi connectivity index (χ2v) is 7.22. The maximum absolute atomic E-state index is 12.6. The zero-order valence-electron chi connectivity index (χ0n) is 15.7. The molecule has 0 aromatic heterocycles. The van der Waals surface area contributed by atoms with E-state index in [1.165, 1.54) is 0 Å². The molecule has 1 saturated heterocycles. The minimum Gasteiger partial charge on any atom is -0.378 e. The van der Waals surface area contributed by atoms with Gasteiger partial charge in [-0.3, -0.25) is 9.59 Å². The van der Waals surface area contributed by atoms with E-state index in [1.54, 1.807) is 0 Å². The Morgan fingerprint density at radius 1 is 1.36 bits per heavy atom. The Balaban J connectivity index is 2.02. The first-order valence-corrected chi connectivity index (χ1v) is 8.91. The highest BCUT2D eigenvalue weighted by Crippen LogP contribution is 2.33. The number of rotatable bonds is 6. The quantitative estimate of drug-likeness (QED) is 0.818. The maximum atomic E-state index is 12.6. The van der Waals surface area contributed by atoms with Crippen LogP contribution in [-0.2, 0) is 9.59 Å². The molecule has 0 bridgehead atoms. The van der Waals surface area contributed by atoms with E-state index in [-0.39, 0.29) is 30.3 Å².